The van der Waals surface area contributed by atoms with Gasteiger partial charge in [0.15, 0.2) is 4.80 Å². The highest BCUT2D eigenvalue weighted by Crippen LogP contribution is 2.25. The summed E-state index contributed by atoms with van der Waals surface area (Å²) in [6.07, 6.45) is 0. The van der Waals surface area contributed by atoms with Gasteiger partial charge >= 0.3 is 0 Å². The summed E-state index contributed by atoms with van der Waals surface area (Å²) in [5.41, 5.74) is 4.24. The van der Waals surface area contributed by atoms with Gasteiger partial charge in [0.25, 0.3) is 0 Å². The Morgan fingerprint density at radius 1 is 1.00 bits per heavy atom. The van der Waals surface area contributed by atoms with E-state index in [1.54, 1.807) is 35.6 Å². The van der Waals surface area contributed by atoms with Gasteiger partial charge in [-0.2, -0.15) is 4.31 Å². The Hall–Kier alpha value is -2.26. The fraction of sp³-hybridized carbons (Fsp3) is 0.348. The Labute approximate surface area is 187 Å². The van der Waals surface area contributed by atoms with Crippen LogP contribution in [-0.4, -0.2) is 43.6 Å². The fourth-order valence-corrected chi connectivity index (χ4v) is 6.03. The Morgan fingerprint density at radius 3 is 2.26 bits per heavy atom. The molecule has 1 fully saturated rings. The van der Waals surface area contributed by atoms with Crippen molar-refractivity contribution in [3.63, 3.8) is 0 Å². The molecule has 0 spiro atoms. The number of thiazole rings is 1. The molecular weight excluding hydrogens is 430 g/mol. The number of morpholine rings is 1. The maximum atomic E-state index is 12.8. The number of aryl methyl sites for hydroxylation is 1. The van der Waals surface area contributed by atoms with Crippen LogP contribution in [0.5, 0.6) is 0 Å². The van der Waals surface area contributed by atoms with Crippen LogP contribution in [0.15, 0.2) is 63.8 Å². The molecule has 2 aromatic carbocycles. The first-order chi connectivity index (χ1) is 14.9. The SMILES string of the molecule is Cc1ccc(-c2csc(=Nc3ccc(S(=O)(=O)N4CCOCC4)cc3)n2C(C)C)cc1. The predicted octanol–water partition coefficient (Wildman–Crippen LogP) is 4.36. The average molecular weight is 458 g/mol. The van der Waals surface area contributed by atoms with Crippen molar-refractivity contribution in [3.05, 3.63) is 64.3 Å². The van der Waals surface area contributed by atoms with Gasteiger partial charge in [0.1, 0.15) is 0 Å². The van der Waals surface area contributed by atoms with Crippen LogP contribution in [0.25, 0.3) is 11.3 Å². The van der Waals surface area contributed by atoms with E-state index in [0.29, 0.717) is 26.3 Å². The zero-order valence-corrected chi connectivity index (χ0v) is 19.6. The molecule has 1 aliphatic rings. The molecular formula is C23H27N3O3S2. The molecule has 164 valence electrons. The molecule has 1 saturated heterocycles. The molecule has 4 rings (SSSR count). The number of hydrogen-bond acceptors (Lipinski definition) is 5. The maximum absolute atomic E-state index is 12.8. The lowest BCUT2D eigenvalue weighted by Crippen LogP contribution is -2.40. The lowest BCUT2D eigenvalue weighted by molar-refractivity contribution is 0.0730. The van der Waals surface area contributed by atoms with Crippen LogP contribution in [0.3, 0.4) is 0 Å². The number of aromatic nitrogens is 1. The van der Waals surface area contributed by atoms with Crippen LogP contribution in [0.1, 0.15) is 25.5 Å². The van der Waals surface area contributed by atoms with E-state index >= 15 is 0 Å². The molecule has 0 N–H and O–H groups in total. The van der Waals surface area contributed by atoms with Gasteiger partial charge < -0.3 is 9.30 Å². The molecule has 0 saturated carbocycles. The van der Waals surface area contributed by atoms with Crippen molar-refractivity contribution < 1.29 is 13.2 Å². The van der Waals surface area contributed by atoms with Gasteiger partial charge in [-0.25, -0.2) is 13.4 Å². The smallest absolute Gasteiger partial charge is 0.243 e. The molecule has 0 radical (unpaired) electrons. The number of hydrogen-bond donors (Lipinski definition) is 0. The molecule has 6 nitrogen and oxygen atoms in total. The summed E-state index contributed by atoms with van der Waals surface area (Å²) in [6.45, 7) is 8.01. The van der Waals surface area contributed by atoms with Crippen LogP contribution in [0, 0.1) is 6.92 Å². The molecule has 1 aromatic heterocycles. The Balaban J connectivity index is 1.67. The summed E-state index contributed by atoms with van der Waals surface area (Å²) in [6, 6.07) is 15.5. The minimum atomic E-state index is -3.50. The van der Waals surface area contributed by atoms with Crippen LogP contribution < -0.4 is 4.80 Å². The van der Waals surface area contributed by atoms with Gasteiger partial charge in [-0.1, -0.05) is 29.8 Å². The second-order valence-corrected chi connectivity index (χ2v) is 10.6. The first kappa shape index (κ1) is 22.0. The minimum Gasteiger partial charge on any atom is -0.379 e. The Kier molecular flexibility index (Phi) is 6.43. The van der Waals surface area contributed by atoms with Crippen molar-refractivity contribution in [1.29, 1.82) is 0 Å². The lowest BCUT2D eigenvalue weighted by atomic mass is 10.1. The number of ether oxygens (including phenoxy) is 1. The van der Waals surface area contributed by atoms with E-state index in [-0.39, 0.29) is 10.9 Å². The first-order valence-corrected chi connectivity index (χ1v) is 12.7. The third kappa shape index (κ3) is 4.67. The van der Waals surface area contributed by atoms with Gasteiger partial charge in [0.2, 0.25) is 10.0 Å². The standard InChI is InChI=1S/C23H27N3O3S2/c1-17(2)26-22(19-6-4-18(3)5-7-19)16-30-23(26)24-20-8-10-21(11-9-20)31(27,28)25-12-14-29-15-13-25/h4-11,16-17H,12-15H2,1-3H3. The summed E-state index contributed by atoms with van der Waals surface area (Å²) < 4.78 is 34.6. The van der Waals surface area contributed by atoms with Crippen LogP contribution in [-0.2, 0) is 14.8 Å². The normalized spacial score (nSPS) is 16.2. The molecule has 2 heterocycles. The first-order valence-electron chi connectivity index (χ1n) is 10.4. The molecule has 0 amide bonds. The van der Waals surface area contributed by atoms with Crippen molar-refractivity contribution in [3.8, 4) is 11.3 Å². The van der Waals surface area contributed by atoms with Crippen molar-refractivity contribution in [1.82, 2.24) is 8.87 Å². The van der Waals surface area contributed by atoms with Crippen LogP contribution >= 0.6 is 11.3 Å². The maximum Gasteiger partial charge on any atom is 0.243 e. The van der Waals surface area contributed by atoms with Crippen LogP contribution in [0.2, 0.25) is 0 Å². The van der Waals surface area contributed by atoms with E-state index in [1.165, 1.54) is 9.87 Å². The number of sulfonamides is 1. The highest BCUT2D eigenvalue weighted by molar-refractivity contribution is 7.89. The third-order valence-corrected chi connectivity index (χ3v) is 8.03. The molecule has 0 bridgehead atoms. The predicted molar refractivity (Wildman–Crippen MR) is 124 cm³/mol. The van der Waals surface area contributed by atoms with Crippen LogP contribution in [0.4, 0.5) is 5.69 Å². The zero-order chi connectivity index (χ0) is 22.0. The average Bonchev–Trinajstić information content (AvgIpc) is 3.19. The van der Waals surface area contributed by atoms with Gasteiger partial charge in [0, 0.05) is 24.5 Å². The van der Waals surface area contributed by atoms with Crippen molar-refractivity contribution in [2.45, 2.75) is 31.7 Å². The highest BCUT2D eigenvalue weighted by atomic mass is 32.2. The number of nitrogens with zero attached hydrogens (tertiary/aromatic N) is 3. The Bertz CT molecular complexity index is 1200. The van der Waals surface area contributed by atoms with E-state index in [0.717, 1.165) is 21.7 Å². The molecule has 8 heteroatoms. The van der Waals surface area contributed by atoms with Gasteiger partial charge in [-0.3, -0.25) is 0 Å². The highest BCUT2D eigenvalue weighted by Gasteiger charge is 2.26. The third-order valence-electron chi connectivity index (χ3n) is 5.27. The zero-order valence-electron chi connectivity index (χ0n) is 18.0. The van der Waals surface area contributed by atoms with E-state index in [9.17, 15) is 8.42 Å². The van der Waals surface area contributed by atoms with Crippen molar-refractivity contribution in [2.24, 2.45) is 4.99 Å². The molecule has 0 unspecified atom stereocenters. The largest absolute Gasteiger partial charge is 0.379 e. The second-order valence-electron chi connectivity index (χ2n) is 7.86. The van der Waals surface area contributed by atoms with E-state index in [2.05, 4.69) is 55.0 Å². The summed E-state index contributed by atoms with van der Waals surface area (Å²) in [5.74, 6) is 0. The topological polar surface area (TPSA) is 63.9 Å². The summed E-state index contributed by atoms with van der Waals surface area (Å²) in [4.78, 5) is 5.99. The Morgan fingerprint density at radius 2 is 1.65 bits per heavy atom. The molecule has 0 aliphatic carbocycles. The van der Waals surface area contributed by atoms with Gasteiger partial charge in [-0.05, 0) is 50.6 Å². The summed E-state index contributed by atoms with van der Waals surface area (Å²) >= 11 is 1.59. The van der Waals surface area contributed by atoms with Gasteiger partial charge in [0.05, 0.1) is 29.5 Å². The summed E-state index contributed by atoms with van der Waals surface area (Å²) in [5, 5.41) is 2.13. The monoisotopic (exact) mass is 457 g/mol. The van der Waals surface area contributed by atoms with E-state index < -0.39 is 10.0 Å². The molecule has 0 atom stereocenters. The van der Waals surface area contributed by atoms with E-state index in [1.807, 2.05) is 0 Å². The number of benzene rings is 2. The molecule has 1 aliphatic heterocycles. The lowest BCUT2D eigenvalue weighted by Gasteiger charge is -2.26. The second kappa shape index (κ2) is 9.08. The van der Waals surface area contributed by atoms with Crippen molar-refractivity contribution in [2.75, 3.05) is 26.3 Å². The van der Waals surface area contributed by atoms with E-state index in [4.69, 9.17) is 9.73 Å². The van der Waals surface area contributed by atoms with Gasteiger partial charge in [-0.15, -0.1) is 11.3 Å². The van der Waals surface area contributed by atoms with Crippen molar-refractivity contribution >= 4 is 27.0 Å². The fourth-order valence-electron chi connectivity index (χ4n) is 3.57. The number of rotatable bonds is 5. The summed E-state index contributed by atoms with van der Waals surface area (Å²) in [7, 11) is -3.50. The minimum absolute atomic E-state index is 0.238. The molecule has 3 aromatic rings. The molecule has 31 heavy (non-hydrogen) atoms. The quantitative estimate of drug-likeness (QED) is 0.572.